The minimum Gasteiger partial charge on any atom is -0.370 e. The van der Waals surface area contributed by atoms with E-state index in [2.05, 4.69) is 22.4 Å². The molecule has 0 radical (unpaired) electrons. The first-order chi connectivity index (χ1) is 9.22. The zero-order chi connectivity index (χ0) is 13.2. The highest BCUT2D eigenvalue weighted by atomic mass is 16.2. The largest absolute Gasteiger partial charge is 0.370 e. The molecule has 0 bridgehead atoms. The Hall–Kier alpha value is -2.10. The molecule has 1 aromatic heterocycles. The fraction of sp³-hybridized carbons (Fsp3) is 0.333. The maximum atomic E-state index is 11.5. The Labute approximate surface area is 112 Å². The number of amides is 1. The molecule has 1 amide bonds. The summed E-state index contributed by atoms with van der Waals surface area (Å²) < 4.78 is 0. The normalized spacial score (nSPS) is 19.1. The number of nitrogens with zero attached hydrogens (tertiary/aromatic N) is 2. The average Bonchev–Trinajstić information content (AvgIpc) is 2.75. The summed E-state index contributed by atoms with van der Waals surface area (Å²) in [4.78, 5) is 17.8. The summed E-state index contributed by atoms with van der Waals surface area (Å²) in [7, 11) is 1.86. The molecular weight excluding hydrogens is 238 g/mol. The van der Waals surface area contributed by atoms with Gasteiger partial charge in [-0.1, -0.05) is 18.2 Å². The van der Waals surface area contributed by atoms with Crippen LogP contribution in [0.4, 0.5) is 5.82 Å². The van der Waals surface area contributed by atoms with Gasteiger partial charge in [0.05, 0.1) is 5.52 Å². The Bertz CT molecular complexity index is 611. The van der Waals surface area contributed by atoms with Gasteiger partial charge in [-0.15, -0.1) is 0 Å². The lowest BCUT2D eigenvalue weighted by Gasteiger charge is -2.12. The molecule has 4 heteroatoms. The third kappa shape index (κ3) is 2.52. The third-order valence-corrected chi connectivity index (χ3v) is 3.59. The number of carbonyl (C=O) groups excluding carboxylic acids is 1. The van der Waals surface area contributed by atoms with Crippen LogP contribution in [0.3, 0.4) is 0 Å². The number of para-hydroxylation sites is 1. The standard InChI is InChI=1S/C15H17N3O/c1-18-10-11(8-15(18)19)9-16-14-7-6-12-4-2-3-5-13(12)17-14/h2-7,11H,8-10H2,1H3,(H,16,17). The average molecular weight is 255 g/mol. The molecule has 0 spiro atoms. The van der Waals surface area contributed by atoms with Crippen molar-refractivity contribution >= 4 is 22.6 Å². The van der Waals surface area contributed by atoms with Crippen molar-refractivity contribution in [3.05, 3.63) is 36.4 Å². The number of hydrogen-bond donors (Lipinski definition) is 1. The smallest absolute Gasteiger partial charge is 0.222 e. The minimum absolute atomic E-state index is 0.235. The summed E-state index contributed by atoms with van der Waals surface area (Å²) in [6.45, 7) is 1.63. The van der Waals surface area contributed by atoms with Gasteiger partial charge in [-0.05, 0) is 18.2 Å². The van der Waals surface area contributed by atoms with E-state index >= 15 is 0 Å². The number of hydrogen-bond acceptors (Lipinski definition) is 3. The molecule has 1 N–H and O–H groups in total. The quantitative estimate of drug-likeness (QED) is 0.913. The molecule has 1 atom stereocenters. The lowest BCUT2D eigenvalue weighted by Crippen LogP contribution is -2.21. The van der Waals surface area contributed by atoms with Crippen LogP contribution in [-0.4, -0.2) is 35.9 Å². The first-order valence-electron chi connectivity index (χ1n) is 6.56. The van der Waals surface area contributed by atoms with Gasteiger partial charge in [-0.2, -0.15) is 0 Å². The van der Waals surface area contributed by atoms with Gasteiger partial charge in [0, 0.05) is 37.9 Å². The molecule has 1 fully saturated rings. The molecule has 1 aliphatic heterocycles. The Kier molecular flexibility index (Phi) is 3.07. The number of fused-ring (bicyclic) bond motifs is 1. The van der Waals surface area contributed by atoms with E-state index in [1.54, 1.807) is 4.90 Å². The van der Waals surface area contributed by atoms with Gasteiger partial charge in [0.25, 0.3) is 0 Å². The zero-order valence-corrected chi connectivity index (χ0v) is 11.0. The second-order valence-corrected chi connectivity index (χ2v) is 5.11. The predicted molar refractivity (Wildman–Crippen MR) is 76.0 cm³/mol. The fourth-order valence-corrected chi connectivity index (χ4v) is 2.51. The van der Waals surface area contributed by atoms with Crippen molar-refractivity contribution in [2.24, 2.45) is 5.92 Å². The van der Waals surface area contributed by atoms with Crippen molar-refractivity contribution < 1.29 is 4.79 Å². The van der Waals surface area contributed by atoms with E-state index in [0.717, 1.165) is 29.8 Å². The minimum atomic E-state index is 0.235. The van der Waals surface area contributed by atoms with Crippen molar-refractivity contribution in [3.63, 3.8) is 0 Å². The number of pyridine rings is 1. The molecule has 1 saturated heterocycles. The molecule has 2 heterocycles. The van der Waals surface area contributed by atoms with E-state index in [0.29, 0.717) is 12.3 Å². The van der Waals surface area contributed by atoms with Gasteiger partial charge in [-0.3, -0.25) is 4.79 Å². The van der Waals surface area contributed by atoms with E-state index in [1.165, 1.54) is 0 Å². The van der Waals surface area contributed by atoms with Crippen LogP contribution in [0, 0.1) is 5.92 Å². The maximum Gasteiger partial charge on any atom is 0.222 e. The van der Waals surface area contributed by atoms with Crippen LogP contribution in [0.5, 0.6) is 0 Å². The summed E-state index contributed by atoms with van der Waals surface area (Å²) >= 11 is 0. The number of anilines is 1. The highest BCUT2D eigenvalue weighted by Gasteiger charge is 2.26. The Morgan fingerprint density at radius 3 is 2.95 bits per heavy atom. The number of benzene rings is 1. The summed E-state index contributed by atoms with van der Waals surface area (Å²) in [5.74, 6) is 1.49. The monoisotopic (exact) mass is 255 g/mol. The topological polar surface area (TPSA) is 45.2 Å². The number of nitrogens with one attached hydrogen (secondary N) is 1. The van der Waals surface area contributed by atoms with Crippen LogP contribution in [-0.2, 0) is 4.79 Å². The molecule has 2 aromatic rings. The van der Waals surface area contributed by atoms with Crippen molar-refractivity contribution in [3.8, 4) is 0 Å². The van der Waals surface area contributed by atoms with Gasteiger partial charge >= 0.3 is 0 Å². The second-order valence-electron chi connectivity index (χ2n) is 5.11. The Morgan fingerprint density at radius 2 is 2.16 bits per heavy atom. The molecule has 19 heavy (non-hydrogen) atoms. The molecule has 98 valence electrons. The zero-order valence-electron chi connectivity index (χ0n) is 11.0. The van der Waals surface area contributed by atoms with Gasteiger partial charge in [-0.25, -0.2) is 4.98 Å². The number of rotatable bonds is 3. The molecule has 0 aliphatic carbocycles. The summed E-state index contributed by atoms with van der Waals surface area (Å²) in [5.41, 5.74) is 0.993. The van der Waals surface area contributed by atoms with Gasteiger partial charge < -0.3 is 10.2 Å². The third-order valence-electron chi connectivity index (χ3n) is 3.59. The van der Waals surface area contributed by atoms with Crippen molar-refractivity contribution in [1.82, 2.24) is 9.88 Å². The van der Waals surface area contributed by atoms with Crippen molar-refractivity contribution in [2.45, 2.75) is 6.42 Å². The van der Waals surface area contributed by atoms with E-state index in [-0.39, 0.29) is 5.91 Å². The first kappa shape index (κ1) is 12.0. The van der Waals surface area contributed by atoms with Crippen LogP contribution < -0.4 is 5.32 Å². The number of aromatic nitrogens is 1. The molecule has 0 saturated carbocycles. The van der Waals surface area contributed by atoms with Gasteiger partial charge in [0.2, 0.25) is 5.91 Å². The summed E-state index contributed by atoms with van der Waals surface area (Å²) in [6.07, 6.45) is 0.636. The second kappa shape index (κ2) is 4.88. The van der Waals surface area contributed by atoms with E-state index in [4.69, 9.17) is 0 Å². The van der Waals surface area contributed by atoms with E-state index in [9.17, 15) is 4.79 Å². The Balaban J connectivity index is 1.67. The number of likely N-dealkylation sites (tertiary alicyclic amines) is 1. The van der Waals surface area contributed by atoms with Crippen LogP contribution in [0.15, 0.2) is 36.4 Å². The molecule has 3 rings (SSSR count). The highest BCUT2D eigenvalue weighted by molar-refractivity contribution is 5.80. The van der Waals surface area contributed by atoms with Crippen molar-refractivity contribution in [1.29, 1.82) is 0 Å². The van der Waals surface area contributed by atoms with E-state index < -0.39 is 0 Å². The summed E-state index contributed by atoms with van der Waals surface area (Å²) in [6, 6.07) is 12.1. The highest BCUT2D eigenvalue weighted by Crippen LogP contribution is 2.18. The van der Waals surface area contributed by atoms with Gasteiger partial charge in [0.15, 0.2) is 0 Å². The van der Waals surface area contributed by atoms with Gasteiger partial charge in [0.1, 0.15) is 5.82 Å². The predicted octanol–water partition coefficient (Wildman–Crippen LogP) is 2.12. The van der Waals surface area contributed by atoms with Crippen LogP contribution in [0.2, 0.25) is 0 Å². The molecule has 1 aliphatic rings. The van der Waals surface area contributed by atoms with Crippen molar-refractivity contribution in [2.75, 3.05) is 25.5 Å². The van der Waals surface area contributed by atoms with Crippen LogP contribution in [0.25, 0.3) is 10.9 Å². The van der Waals surface area contributed by atoms with Crippen LogP contribution >= 0.6 is 0 Å². The Morgan fingerprint density at radius 1 is 1.32 bits per heavy atom. The van der Waals surface area contributed by atoms with Crippen LogP contribution in [0.1, 0.15) is 6.42 Å². The number of carbonyl (C=O) groups is 1. The molecule has 1 aromatic carbocycles. The van der Waals surface area contributed by atoms with E-state index in [1.807, 2.05) is 31.3 Å². The first-order valence-corrected chi connectivity index (χ1v) is 6.56. The molecule has 1 unspecified atom stereocenters. The fourth-order valence-electron chi connectivity index (χ4n) is 2.51. The summed E-state index contributed by atoms with van der Waals surface area (Å²) in [5, 5.41) is 4.47. The molecule has 4 nitrogen and oxygen atoms in total. The molecular formula is C15H17N3O. The SMILES string of the molecule is CN1CC(CNc2ccc3ccccc3n2)CC1=O. The maximum absolute atomic E-state index is 11.5. The lowest BCUT2D eigenvalue weighted by atomic mass is 10.1. The lowest BCUT2D eigenvalue weighted by molar-refractivity contribution is -0.126.